The van der Waals surface area contributed by atoms with Crippen molar-refractivity contribution < 1.29 is 27.8 Å². The van der Waals surface area contributed by atoms with Crippen LogP contribution >= 0.6 is 0 Å². The molecule has 2 rings (SSSR count). The summed E-state index contributed by atoms with van der Waals surface area (Å²) in [7, 11) is 1.53. The summed E-state index contributed by atoms with van der Waals surface area (Å²) in [5.74, 6) is 0.792. The molecule has 140 valence electrons. The van der Waals surface area contributed by atoms with Crippen molar-refractivity contribution >= 4 is 5.91 Å². The van der Waals surface area contributed by atoms with Crippen molar-refractivity contribution in [3.05, 3.63) is 53.6 Å². The monoisotopic (exact) mass is 365 g/mol. The molecule has 0 aliphatic carbocycles. The van der Waals surface area contributed by atoms with Gasteiger partial charge in [-0.1, -0.05) is 18.2 Å². The number of aryl methyl sites for hydroxylation is 1. The van der Waals surface area contributed by atoms with Crippen LogP contribution in [-0.4, -0.2) is 26.2 Å². The topological polar surface area (TPSA) is 56.8 Å². The number of methoxy groups -OCH3 is 1. The minimum absolute atomic E-state index is 0.0667. The molecule has 7 heteroatoms. The van der Waals surface area contributed by atoms with Crippen molar-refractivity contribution in [2.75, 3.05) is 13.7 Å². The van der Waals surface area contributed by atoms with Gasteiger partial charge in [-0.3, -0.25) is 4.79 Å². The normalized spacial score (nSPS) is 11.8. The highest BCUT2D eigenvalue weighted by Crippen LogP contribution is 2.27. The third kappa shape index (κ3) is 5.61. The van der Waals surface area contributed by atoms with Gasteiger partial charge in [-0.25, -0.2) is 0 Å². The number of carbonyl (C=O) groups is 1. The van der Waals surface area contributed by atoms with Gasteiger partial charge in [0, 0.05) is 0 Å². The second kappa shape index (κ2) is 9.03. The summed E-state index contributed by atoms with van der Waals surface area (Å²) in [5, 5.41) is 2.78. The lowest BCUT2D eigenvalue weighted by Crippen LogP contribution is -2.31. The van der Waals surface area contributed by atoms with E-state index in [1.807, 2.05) is 19.1 Å². The lowest BCUT2D eigenvalue weighted by atomic mass is 10.1. The summed E-state index contributed by atoms with van der Waals surface area (Å²) in [4.78, 5) is 12.1. The van der Waals surface area contributed by atoms with E-state index in [1.54, 1.807) is 25.1 Å². The summed E-state index contributed by atoms with van der Waals surface area (Å²) in [6, 6.07) is 11.2. The Morgan fingerprint density at radius 1 is 1.12 bits per heavy atom. The lowest BCUT2D eigenvalue weighted by molar-refractivity contribution is -0.123. The summed E-state index contributed by atoms with van der Waals surface area (Å²) in [5.41, 5.74) is 1.78. The van der Waals surface area contributed by atoms with Crippen molar-refractivity contribution in [3.8, 4) is 17.2 Å². The molecule has 0 aromatic heterocycles. The Labute approximate surface area is 150 Å². The first kappa shape index (κ1) is 19.5. The van der Waals surface area contributed by atoms with Crippen LogP contribution in [0, 0.1) is 6.92 Å². The third-order valence-electron chi connectivity index (χ3n) is 3.66. The van der Waals surface area contributed by atoms with Gasteiger partial charge in [0.05, 0.1) is 13.2 Å². The first-order valence-corrected chi connectivity index (χ1v) is 8.00. The first-order chi connectivity index (χ1) is 12.4. The van der Waals surface area contributed by atoms with Crippen LogP contribution in [0.15, 0.2) is 42.5 Å². The molecule has 0 heterocycles. The van der Waals surface area contributed by atoms with Gasteiger partial charge in [-0.2, -0.15) is 8.78 Å². The molecule has 5 nitrogen and oxygen atoms in total. The van der Waals surface area contributed by atoms with E-state index >= 15 is 0 Å². The van der Waals surface area contributed by atoms with E-state index in [9.17, 15) is 13.6 Å². The quantitative estimate of drug-likeness (QED) is 0.772. The molecule has 0 fully saturated rings. The predicted octanol–water partition coefficient (Wildman–Crippen LogP) is 3.86. The third-order valence-corrected chi connectivity index (χ3v) is 3.66. The SMILES string of the molecule is COc1cc(C)ccc1OCC(=O)NC(C)c1ccc(OC(F)F)cc1. The number of halogens is 2. The molecule has 2 aromatic carbocycles. The number of hydrogen-bond donors (Lipinski definition) is 1. The predicted molar refractivity (Wildman–Crippen MR) is 92.9 cm³/mol. The molecule has 0 radical (unpaired) electrons. The van der Waals surface area contributed by atoms with Crippen molar-refractivity contribution in [2.45, 2.75) is 26.5 Å². The van der Waals surface area contributed by atoms with E-state index in [-0.39, 0.29) is 24.3 Å². The molecule has 0 saturated heterocycles. The number of benzene rings is 2. The van der Waals surface area contributed by atoms with Crippen LogP contribution in [0.1, 0.15) is 24.1 Å². The van der Waals surface area contributed by atoms with Gasteiger partial charge >= 0.3 is 6.61 Å². The molecule has 0 aliphatic heterocycles. The van der Waals surface area contributed by atoms with Crippen molar-refractivity contribution in [3.63, 3.8) is 0 Å². The van der Waals surface area contributed by atoms with E-state index in [4.69, 9.17) is 9.47 Å². The van der Waals surface area contributed by atoms with Crippen LogP contribution in [0.2, 0.25) is 0 Å². The fourth-order valence-electron chi connectivity index (χ4n) is 2.34. The standard InChI is InChI=1S/C19H21F2NO4/c1-12-4-9-16(17(10-12)24-3)25-11-18(23)22-13(2)14-5-7-15(8-6-14)26-19(20)21/h4-10,13,19H,11H2,1-3H3,(H,22,23). The number of nitrogens with one attached hydrogen (secondary N) is 1. The average molecular weight is 365 g/mol. The zero-order valence-corrected chi connectivity index (χ0v) is 14.8. The summed E-state index contributed by atoms with van der Waals surface area (Å²) < 4.78 is 39.3. The smallest absolute Gasteiger partial charge is 0.387 e. The molecular formula is C19H21F2NO4. The Kier molecular flexibility index (Phi) is 6.77. The Bertz CT molecular complexity index is 735. The molecule has 1 amide bonds. The molecule has 0 aliphatic rings. The molecule has 0 spiro atoms. The number of alkyl halides is 2. The molecular weight excluding hydrogens is 344 g/mol. The van der Waals surface area contributed by atoms with Gasteiger partial charge in [0.15, 0.2) is 18.1 Å². The van der Waals surface area contributed by atoms with E-state index in [0.717, 1.165) is 11.1 Å². The number of ether oxygens (including phenoxy) is 3. The summed E-state index contributed by atoms with van der Waals surface area (Å²) in [6.07, 6.45) is 0. The van der Waals surface area contributed by atoms with Crippen molar-refractivity contribution in [1.29, 1.82) is 0 Å². The summed E-state index contributed by atoms with van der Waals surface area (Å²) in [6.45, 7) is 0.677. The van der Waals surface area contributed by atoms with Crippen molar-refractivity contribution in [1.82, 2.24) is 5.32 Å². The average Bonchev–Trinajstić information content (AvgIpc) is 2.60. The highest BCUT2D eigenvalue weighted by molar-refractivity contribution is 5.78. The number of amides is 1. The zero-order chi connectivity index (χ0) is 19.1. The van der Waals surface area contributed by atoms with Gasteiger partial charge in [-0.05, 0) is 49.2 Å². The minimum atomic E-state index is -2.87. The van der Waals surface area contributed by atoms with Crippen LogP contribution in [-0.2, 0) is 4.79 Å². The van der Waals surface area contributed by atoms with Gasteiger partial charge in [0.25, 0.3) is 5.91 Å². The highest BCUT2D eigenvalue weighted by atomic mass is 19.3. The molecule has 1 atom stereocenters. The number of rotatable bonds is 8. The second-order valence-electron chi connectivity index (χ2n) is 5.68. The Morgan fingerprint density at radius 2 is 1.81 bits per heavy atom. The van der Waals surface area contributed by atoms with E-state index < -0.39 is 6.61 Å². The van der Waals surface area contributed by atoms with Gasteiger partial charge in [-0.15, -0.1) is 0 Å². The Morgan fingerprint density at radius 3 is 2.42 bits per heavy atom. The maximum Gasteiger partial charge on any atom is 0.387 e. The number of hydrogen-bond acceptors (Lipinski definition) is 4. The largest absolute Gasteiger partial charge is 0.493 e. The zero-order valence-electron chi connectivity index (χ0n) is 14.8. The van der Waals surface area contributed by atoms with Crippen LogP contribution < -0.4 is 19.5 Å². The molecule has 2 aromatic rings. The van der Waals surface area contributed by atoms with Gasteiger partial charge in [0.1, 0.15) is 5.75 Å². The Balaban J connectivity index is 1.89. The molecule has 26 heavy (non-hydrogen) atoms. The summed E-state index contributed by atoms with van der Waals surface area (Å²) >= 11 is 0. The van der Waals surface area contributed by atoms with E-state index in [1.165, 1.54) is 19.2 Å². The second-order valence-corrected chi connectivity index (χ2v) is 5.68. The van der Waals surface area contributed by atoms with Crippen LogP contribution in [0.4, 0.5) is 8.78 Å². The van der Waals surface area contributed by atoms with Crippen LogP contribution in [0.25, 0.3) is 0 Å². The van der Waals surface area contributed by atoms with Crippen LogP contribution in [0.3, 0.4) is 0 Å². The minimum Gasteiger partial charge on any atom is -0.493 e. The molecule has 1 unspecified atom stereocenters. The molecule has 0 bridgehead atoms. The first-order valence-electron chi connectivity index (χ1n) is 8.00. The van der Waals surface area contributed by atoms with Crippen molar-refractivity contribution in [2.24, 2.45) is 0 Å². The highest BCUT2D eigenvalue weighted by Gasteiger charge is 2.12. The van der Waals surface area contributed by atoms with E-state index in [2.05, 4.69) is 10.1 Å². The van der Waals surface area contributed by atoms with Crippen LogP contribution in [0.5, 0.6) is 17.2 Å². The maximum absolute atomic E-state index is 12.2. The fourth-order valence-corrected chi connectivity index (χ4v) is 2.34. The van der Waals surface area contributed by atoms with E-state index in [0.29, 0.717) is 11.5 Å². The van der Waals surface area contributed by atoms with Gasteiger partial charge < -0.3 is 19.5 Å². The molecule has 0 saturated carbocycles. The molecule has 1 N–H and O–H groups in total. The Hall–Kier alpha value is -2.83. The van der Waals surface area contributed by atoms with Gasteiger partial charge in [0.2, 0.25) is 0 Å². The fraction of sp³-hybridized carbons (Fsp3) is 0.316. The number of carbonyl (C=O) groups excluding carboxylic acids is 1. The lowest BCUT2D eigenvalue weighted by Gasteiger charge is -2.16. The maximum atomic E-state index is 12.2.